The topological polar surface area (TPSA) is 87.0 Å². The van der Waals surface area contributed by atoms with Crippen molar-refractivity contribution < 1.29 is 4.92 Å². The molecule has 0 atom stereocenters. The van der Waals surface area contributed by atoms with E-state index in [-0.39, 0.29) is 5.69 Å². The van der Waals surface area contributed by atoms with Crippen LogP contribution in [-0.4, -0.2) is 14.7 Å². The summed E-state index contributed by atoms with van der Waals surface area (Å²) in [5.74, 6) is 0. The molecular formula is C11H11BrN4O2. The molecule has 0 unspecified atom stereocenters. The van der Waals surface area contributed by atoms with E-state index in [4.69, 9.17) is 5.73 Å². The summed E-state index contributed by atoms with van der Waals surface area (Å²) >= 11 is 3.22. The van der Waals surface area contributed by atoms with Gasteiger partial charge in [0.05, 0.1) is 23.2 Å². The Balaban J connectivity index is 2.30. The summed E-state index contributed by atoms with van der Waals surface area (Å²) in [4.78, 5) is 10.6. The maximum atomic E-state index is 11.0. The molecule has 2 rings (SSSR count). The summed E-state index contributed by atoms with van der Waals surface area (Å²) in [5, 5.41) is 15.1. The van der Waals surface area contributed by atoms with E-state index in [1.807, 2.05) is 0 Å². The third-order valence-electron chi connectivity index (χ3n) is 2.50. The number of nitrogens with two attached hydrogens (primary N) is 1. The van der Waals surface area contributed by atoms with Gasteiger partial charge in [0.15, 0.2) is 0 Å². The molecule has 1 aromatic heterocycles. The van der Waals surface area contributed by atoms with Crippen LogP contribution in [0.25, 0.3) is 0 Å². The van der Waals surface area contributed by atoms with E-state index < -0.39 is 4.92 Å². The van der Waals surface area contributed by atoms with Crippen LogP contribution in [-0.2, 0) is 13.1 Å². The molecule has 1 heterocycles. The van der Waals surface area contributed by atoms with Gasteiger partial charge in [-0.25, -0.2) is 0 Å². The third kappa shape index (κ3) is 2.74. The molecule has 0 radical (unpaired) electrons. The predicted octanol–water partition coefficient (Wildman–Crippen LogP) is 2.06. The monoisotopic (exact) mass is 310 g/mol. The number of rotatable bonds is 4. The third-order valence-corrected chi connectivity index (χ3v) is 2.99. The van der Waals surface area contributed by atoms with Crippen molar-refractivity contribution in [1.29, 1.82) is 0 Å². The van der Waals surface area contributed by atoms with Crippen molar-refractivity contribution in [3.05, 3.63) is 56.3 Å². The van der Waals surface area contributed by atoms with Crippen LogP contribution in [0.5, 0.6) is 0 Å². The number of nitro groups is 1. The van der Waals surface area contributed by atoms with E-state index in [0.717, 1.165) is 5.56 Å². The highest BCUT2D eigenvalue weighted by atomic mass is 79.9. The Morgan fingerprint density at radius 1 is 1.50 bits per heavy atom. The first-order valence-electron chi connectivity index (χ1n) is 5.24. The maximum Gasteiger partial charge on any atom is 0.275 e. The van der Waals surface area contributed by atoms with Crippen LogP contribution in [0.4, 0.5) is 5.69 Å². The number of nitrogens with zero attached hydrogens (tertiary/aromatic N) is 3. The van der Waals surface area contributed by atoms with Gasteiger partial charge in [0.1, 0.15) is 0 Å². The van der Waals surface area contributed by atoms with E-state index in [1.54, 1.807) is 29.2 Å². The van der Waals surface area contributed by atoms with Gasteiger partial charge >= 0.3 is 0 Å². The second kappa shape index (κ2) is 5.28. The van der Waals surface area contributed by atoms with Crippen LogP contribution in [0, 0.1) is 10.1 Å². The van der Waals surface area contributed by atoms with Gasteiger partial charge in [-0.1, -0.05) is 15.9 Å². The summed E-state index contributed by atoms with van der Waals surface area (Å²) in [6.07, 6.45) is 3.44. The Labute approximate surface area is 112 Å². The van der Waals surface area contributed by atoms with Gasteiger partial charge in [0.2, 0.25) is 0 Å². The zero-order chi connectivity index (χ0) is 13.1. The van der Waals surface area contributed by atoms with Crippen molar-refractivity contribution in [3.8, 4) is 0 Å². The molecule has 0 bridgehead atoms. The number of aromatic nitrogens is 2. The van der Waals surface area contributed by atoms with E-state index in [2.05, 4.69) is 21.0 Å². The van der Waals surface area contributed by atoms with E-state index in [0.29, 0.717) is 23.1 Å². The fraction of sp³-hybridized carbons (Fsp3) is 0.182. The molecule has 0 aliphatic heterocycles. The smallest absolute Gasteiger partial charge is 0.275 e. The molecule has 94 valence electrons. The van der Waals surface area contributed by atoms with Crippen molar-refractivity contribution in [1.82, 2.24) is 9.78 Å². The fourth-order valence-electron chi connectivity index (χ4n) is 1.61. The first-order valence-corrected chi connectivity index (χ1v) is 6.03. The molecule has 6 nitrogen and oxygen atoms in total. The van der Waals surface area contributed by atoms with Crippen LogP contribution >= 0.6 is 15.9 Å². The second-order valence-corrected chi connectivity index (χ2v) is 4.70. The second-order valence-electron chi connectivity index (χ2n) is 3.78. The number of hydrogen-bond donors (Lipinski definition) is 1. The molecule has 0 spiro atoms. The van der Waals surface area contributed by atoms with Crippen LogP contribution in [0.2, 0.25) is 0 Å². The standard InChI is InChI=1S/C11H11BrN4O2/c12-10-2-1-9(11(3-10)16(17)18)7-15-6-8(4-13)5-14-15/h1-3,5-6H,4,7,13H2. The molecule has 18 heavy (non-hydrogen) atoms. The molecule has 0 aliphatic rings. The van der Waals surface area contributed by atoms with Crippen molar-refractivity contribution in [3.63, 3.8) is 0 Å². The molecule has 0 saturated carbocycles. The predicted molar refractivity (Wildman–Crippen MR) is 70.0 cm³/mol. The molecule has 0 amide bonds. The number of nitro benzene ring substituents is 1. The SMILES string of the molecule is NCc1cnn(Cc2ccc(Br)cc2[N+](=O)[O-])c1. The summed E-state index contributed by atoms with van der Waals surface area (Å²) in [5.41, 5.74) is 7.07. The van der Waals surface area contributed by atoms with Crippen LogP contribution in [0.1, 0.15) is 11.1 Å². The van der Waals surface area contributed by atoms with Crippen LogP contribution < -0.4 is 5.73 Å². The van der Waals surface area contributed by atoms with Crippen LogP contribution in [0.15, 0.2) is 35.1 Å². The Morgan fingerprint density at radius 3 is 2.89 bits per heavy atom. The lowest BCUT2D eigenvalue weighted by molar-refractivity contribution is -0.385. The lowest BCUT2D eigenvalue weighted by Gasteiger charge is -2.03. The molecule has 0 aliphatic carbocycles. The largest absolute Gasteiger partial charge is 0.326 e. The highest BCUT2D eigenvalue weighted by molar-refractivity contribution is 9.10. The molecule has 0 fully saturated rings. The van der Waals surface area contributed by atoms with E-state index in [9.17, 15) is 10.1 Å². The molecular weight excluding hydrogens is 300 g/mol. The Hall–Kier alpha value is -1.73. The zero-order valence-electron chi connectivity index (χ0n) is 9.41. The highest BCUT2D eigenvalue weighted by Crippen LogP contribution is 2.24. The zero-order valence-corrected chi connectivity index (χ0v) is 11.0. The Morgan fingerprint density at radius 2 is 2.28 bits per heavy atom. The summed E-state index contributed by atoms with van der Waals surface area (Å²) in [6, 6.07) is 4.98. The Kier molecular flexibility index (Phi) is 3.73. The first-order chi connectivity index (χ1) is 8.60. The van der Waals surface area contributed by atoms with Crippen LogP contribution in [0.3, 0.4) is 0 Å². The normalized spacial score (nSPS) is 10.6. The lowest BCUT2D eigenvalue weighted by atomic mass is 10.2. The minimum atomic E-state index is -0.395. The maximum absolute atomic E-state index is 11.0. The average molecular weight is 311 g/mol. The van der Waals surface area contributed by atoms with Gasteiger partial charge in [-0.05, 0) is 12.1 Å². The van der Waals surface area contributed by atoms with Crippen molar-refractivity contribution in [2.75, 3.05) is 0 Å². The fourth-order valence-corrected chi connectivity index (χ4v) is 1.96. The number of benzene rings is 1. The summed E-state index contributed by atoms with van der Waals surface area (Å²) in [6.45, 7) is 0.756. The number of hydrogen-bond acceptors (Lipinski definition) is 4. The van der Waals surface area contributed by atoms with Crippen molar-refractivity contribution >= 4 is 21.6 Å². The molecule has 1 aromatic carbocycles. The molecule has 2 aromatic rings. The van der Waals surface area contributed by atoms with Gasteiger partial charge in [-0.15, -0.1) is 0 Å². The van der Waals surface area contributed by atoms with E-state index in [1.165, 1.54) is 6.07 Å². The van der Waals surface area contributed by atoms with Crippen molar-refractivity contribution in [2.45, 2.75) is 13.1 Å². The summed E-state index contributed by atoms with van der Waals surface area (Å²) in [7, 11) is 0. The molecule has 7 heteroatoms. The van der Waals surface area contributed by atoms with Gasteiger partial charge in [-0.3, -0.25) is 14.8 Å². The minimum absolute atomic E-state index is 0.0779. The lowest BCUT2D eigenvalue weighted by Crippen LogP contribution is -2.03. The molecule has 2 N–H and O–H groups in total. The van der Waals surface area contributed by atoms with Gasteiger partial charge in [-0.2, -0.15) is 5.10 Å². The minimum Gasteiger partial charge on any atom is -0.326 e. The molecule has 0 saturated heterocycles. The number of halogens is 1. The van der Waals surface area contributed by atoms with Gasteiger partial charge in [0.25, 0.3) is 5.69 Å². The van der Waals surface area contributed by atoms with Crippen molar-refractivity contribution in [2.24, 2.45) is 5.73 Å². The van der Waals surface area contributed by atoms with E-state index >= 15 is 0 Å². The Bertz CT molecular complexity index is 582. The quantitative estimate of drug-likeness (QED) is 0.691. The highest BCUT2D eigenvalue weighted by Gasteiger charge is 2.14. The first kappa shape index (κ1) is 12.7. The summed E-state index contributed by atoms with van der Waals surface area (Å²) < 4.78 is 2.32. The average Bonchev–Trinajstić information content (AvgIpc) is 2.79. The van der Waals surface area contributed by atoms with Gasteiger partial charge in [0, 0.05) is 28.8 Å². The van der Waals surface area contributed by atoms with Gasteiger partial charge < -0.3 is 5.73 Å².